The van der Waals surface area contributed by atoms with E-state index < -0.39 is 23.0 Å². The number of hydrogen-bond donors (Lipinski definition) is 2. The largest absolute Gasteiger partial charge is 0.480 e. The molecule has 2 aliphatic rings. The molecule has 2 aromatic rings. The third-order valence-corrected chi connectivity index (χ3v) is 5.25. The molecule has 0 fully saturated rings. The summed E-state index contributed by atoms with van der Waals surface area (Å²) in [6.45, 7) is 0. The van der Waals surface area contributed by atoms with Crippen molar-refractivity contribution >= 4 is 29.9 Å². The molecule has 0 saturated carbocycles. The zero-order valence-corrected chi connectivity index (χ0v) is 14.8. The maximum Gasteiger partial charge on any atom is 0.417 e. The third kappa shape index (κ3) is 3.76. The van der Waals surface area contributed by atoms with Crippen molar-refractivity contribution in [2.75, 3.05) is 0 Å². The number of hydrogen-bond acceptors (Lipinski definition) is 4. The number of carboxylic acids is 1. The molecule has 0 bridgehead atoms. The van der Waals surface area contributed by atoms with Gasteiger partial charge in [0.2, 0.25) is 0 Å². The van der Waals surface area contributed by atoms with Crippen LogP contribution in [0.3, 0.4) is 0 Å². The molecule has 4 rings (SSSR count). The highest BCUT2D eigenvalue weighted by Gasteiger charge is 2.38. The first-order valence-corrected chi connectivity index (χ1v) is 8.80. The number of nitrogens with zero attached hydrogens (tertiary/aromatic N) is 1. The molecule has 0 amide bonds. The van der Waals surface area contributed by atoms with Gasteiger partial charge in [-0.25, -0.2) is 4.98 Å². The molecule has 134 valence electrons. The Hall–Kier alpha value is -2.32. The molecule has 0 saturated heterocycles. The average Bonchev–Trinajstić information content (AvgIpc) is 3.07. The minimum absolute atomic E-state index is 0.368. The zero-order valence-electron chi connectivity index (χ0n) is 13.1. The molecule has 1 N–H and O–H groups in total. The molecule has 1 atom stereocenters. The Labute approximate surface area is 156 Å². The summed E-state index contributed by atoms with van der Waals surface area (Å²) in [5.41, 5.74) is 2.39. The van der Waals surface area contributed by atoms with Crippen LogP contribution in [0.4, 0.5) is 13.2 Å². The van der Waals surface area contributed by atoms with Gasteiger partial charge in [0, 0.05) is 10.9 Å². The number of thiazole rings is 1. The molecule has 2 aliphatic carbocycles. The minimum Gasteiger partial charge on any atom is -0.480 e. The Bertz CT molecular complexity index is 939. The summed E-state index contributed by atoms with van der Waals surface area (Å²) in [4.78, 5) is 15.0. The molecule has 26 heavy (non-hydrogen) atoms. The van der Waals surface area contributed by atoms with Gasteiger partial charge in [0.05, 0.1) is 11.3 Å². The highest BCUT2D eigenvalue weighted by molar-refractivity contribution is 7.81. The molecule has 1 heterocycles. The molecule has 1 aromatic carbocycles. The summed E-state index contributed by atoms with van der Waals surface area (Å²) in [5, 5.41) is 10.3. The Morgan fingerprint density at radius 3 is 2.23 bits per heavy atom. The van der Waals surface area contributed by atoms with E-state index >= 15 is 0 Å². The third-order valence-electron chi connectivity index (χ3n) is 3.70. The van der Waals surface area contributed by atoms with Gasteiger partial charge in [0.25, 0.3) is 0 Å². The van der Waals surface area contributed by atoms with Crippen molar-refractivity contribution in [3.8, 4) is 22.4 Å². The molecular formula is C18H12F3NO2S2. The molecule has 1 aromatic heterocycles. The number of benzene rings is 2. The number of halogens is 3. The standard InChI is InChI=1S/C11H9NO2S2.C7H3F3/c13-11(14)9(15)10-12-8(6-16-10)7-4-2-1-3-5-7;8-7(9,10)6-3-4-1-2-5(4)6/h1-6,9,15H,(H,13,14);1-3H. The van der Waals surface area contributed by atoms with Gasteiger partial charge in [0.1, 0.15) is 5.01 Å². The number of carboxylic acid groups (broad SMARTS) is 1. The lowest BCUT2D eigenvalue weighted by Gasteiger charge is -2.22. The van der Waals surface area contributed by atoms with Crippen LogP contribution in [-0.4, -0.2) is 16.1 Å². The minimum atomic E-state index is -4.15. The number of fused-ring (bicyclic) bond motifs is 1. The lowest BCUT2D eigenvalue weighted by Crippen LogP contribution is -2.12. The number of aromatic nitrogens is 1. The van der Waals surface area contributed by atoms with Crippen LogP contribution in [0.2, 0.25) is 0 Å². The van der Waals surface area contributed by atoms with E-state index in [1.807, 2.05) is 35.7 Å². The monoisotopic (exact) mass is 395 g/mol. The van der Waals surface area contributed by atoms with Crippen LogP contribution in [0.1, 0.15) is 15.8 Å². The van der Waals surface area contributed by atoms with Crippen molar-refractivity contribution in [1.82, 2.24) is 4.98 Å². The SMILES string of the molecule is FC(F)(F)c1cc2ccc1-2.O=C(O)C(S)c1nc(-c2ccccc2)cs1. The van der Waals surface area contributed by atoms with Crippen molar-refractivity contribution in [2.45, 2.75) is 11.4 Å². The fourth-order valence-electron chi connectivity index (χ4n) is 2.28. The summed E-state index contributed by atoms with van der Waals surface area (Å²) in [6, 6.07) is 14.0. The fourth-order valence-corrected chi connectivity index (χ4v) is 3.33. The molecule has 0 radical (unpaired) electrons. The lowest BCUT2D eigenvalue weighted by molar-refractivity contribution is -0.138. The van der Waals surface area contributed by atoms with Crippen LogP contribution < -0.4 is 0 Å². The van der Waals surface area contributed by atoms with E-state index in [9.17, 15) is 18.0 Å². The van der Waals surface area contributed by atoms with Crippen LogP contribution in [0.5, 0.6) is 0 Å². The molecular weight excluding hydrogens is 383 g/mol. The van der Waals surface area contributed by atoms with E-state index in [1.165, 1.54) is 17.4 Å². The highest BCUT2D eigenvalue weighted by atomic mass is 32.1. The van der Waals surface area contributed by atoms with Crippen LogP contribution in [0.15, 0.2) is 53.9 Å². The first-order chi connectivity index (χ1) is 12.3. The van der Waals surface area contributed by atoms with Crippen molar-refractivity contribution in [3.63, 3.8) is 0 Å². The smallest absolute Gasteiger partial charge is 0.417 e. The second kappa shape index (κ2) is 7.13. The van der Waals surface area contributed by atoms with E-state index in [0.717, 1.165) is 22.9 Å². The predicted molar refractivity (Wildman–Crippen MR) is 97.4 cm³/mol. The second-order valence-corrected chi connectivity index (χ2v) is 6.84. The summed E-state index contributed by atoms with van der Waals surface area (Å²) in [6.07, 6.45) is -4.15. The first-order valence-electron chi connectivity index (χ1n) is 7.40. The van der Waals surface area contributed by atoms with Crippen molar-refractivity contribution in [1.29, 1.82) is 0 Å². The zero-order chi connectivity index (χ0) is 18.9. The number of thiol groups is 1. The molecule has 1 unspecified atom stereocenters. The van der Waals surface area contributed by atoms with Crippen LogP contribution >= 0.6 is 24.0 Å². The van der Waals surface area contributed by atoms with E-state index in [2.05, 4.69) is 17.6 Å². The second-order valence-electron chi connectivity index (χ2n) is 5.44. The lowest BCUT2D eigenvalue weighted by atomic mass is 9.86. The van der Waals surface area contributed by atoms with Gasteiger partial charge >= 0.3 is 12.1 Å². The van der Waals surface area contributed by atoms with Gasteiger partial charge < -0.3 is 5.11 Å². The Kier molecular flexibility index (Phi) is 5.06. The van der Waals surface area contributed by atoms with Gasteiger partial charge in [-0.2, -0.15) is 25.8 Å². The summed E-state index contributed by atoms with van der Waals surface area (Å²) >= 11 is 5.30. The van der Waals surface area contributed by atoms with Crippen molar-refractivity contribution < 1.29 is 23.1 Å². The number of rotatable bonds is 3. The van der Waals surface area contributed by atoms with Crippen LogP contribution in [0, 0.1) is 0 Å². The van der Waals surface area contributed by atoms with Gasteiger partial charge in [-0.05, 0) is 17.2 Å². The topological polar surface area (TPSA) is 50.2 Å². The maximum atomic E-state index is 11.8. The van der Waals surface area contributed by atoms with Gasteiger partial charge in [-0.15, -0.1) is 11.3 Å². The van der Waals surface area contributed by atoms with Crippen molar-refractivity contribution in [3.05, 3.63) is 64.5 Å². The highest BCUT2D eigenvalue weighted by Crippen LogP contribution is 2.45. The van der Waals surface area contributed by atoms with Gasteiger partial charge in [-0.1, -0.05) is 42.5 Å². The molecule has 0 spiro atoms. The van der Waals surface area contributed by atoms with E-state index in [-0.39, 0.29) is 0 Å². The van der Waals surface area contributed by atoms with Crippen molar-refractivity contribution in [2.24, 2.45) is 0 Å². The number of aliphatic carboxylic acids is 1. The summed E-state index contributed by atoms with van der Waals surface area (Å²) in [7, 11) is 0. The normalized spacial score (nSPS) is 12.8. The van der Waals surface area contributed by atoms with Gasteiger partial charge in [-0.3, -0.25) is 4.79 Å². The Morgan fingerprint density at radius 1 is 1.12 bits per heavy atom. The quantitative estimate of drug-likeness (QED) is 0.447. The Balaban J connectivity index is 0.000000167. The predicted octanol–water partition coefficient (Wildman–Crippen LogP) is 5.55. The Morgan fingerprint density at radius 2 is 1.81 bits per heavy atom. The average molecular weight is 395 g/mol. The summed E-state index contributed by atoms with van der Waals surface area (Å²) in [5.74, 6) is -0.975. The van der Waals surface area contributed by atoms with E-state index in [0.29, 0.717) is 10.6 Å². The number of alkyl halides is 3. The maximum absolute atomic E-state index is 11.8. The van der Waals surface area contributed by atoms with Crippen LogP contribution in [0.25, 0.3) is 22.4 Å². The first kappa shape index (κ1) is 18.5. The molecule has 8 heteroatoms. The van der Waals surface area contributed by atoms with E-state index in [1.54, 1.807) is 6.07 Å². The fraction of sp³-hybridized carbons (Fsp3) is 0.111. The summed E-state index contributed by atoms with van der Waals surface area (Å²) < 4.78 is 35.5. The molecule has 3 nitrogen and oxygen atoms in total. The number of carbonyl (C=O) groups is 1. The van der Waals surface area contributed by atoms with E-state index in [4.69, 9.17) is 5.11 Å². The van der Waals surface area contributed by atoms with Crippen LogP contribution in [-0.2, 0) is 11.0 Å². The molecule has 0 aliphatic heterocycles. The van der Waals surface area contributed by atoms with Gasteiger partial charge in [0.15, 0.2) is 5.25 Å².